The van der Waals surface area contributed by atoms with Gasteiger partial charge in [-0.25, -0.2) is 13.3 Å². The zero-order chi connectivity index (χ0) is 24.3. The Labute approximate surface area is 198 Å². The standard InChI is InChI=1S/C28H28F2N2O2/c1-3-4-18-32(2,28(33)34)22-14-12-20(13-15-22)19-8-10-21(11-9-19)25-16-17-26(31-25)27-23(29)6-5-7-24(27)30/h5-15,25H,3-4,16-18H2,1-2H3. The lowest BCUT2D eigenvalue weighted by molar-refractivity contribution is -0.262. The number of carboxylic acid groups (broad SMARTS) is 1. The molecule has 176 valence electrons. The van der Waals surface area contributed by atoms with Gasteiger partial charge >= 0.3 is 0 Å². The molecule has 0 fully saturated rings. The third kappa shape index (κ3) is 4.64. The van der Waals surface area contributed by atoms with Crippen molar-refractivity contribution in [3.8, 4) is 11.1 Å². The van der Waals surface area contributed by atoms with Crippen molar-refractivity contribution in [1.29, 1.82) is 0 Å². The van der Waals surface area contributed by atoms with Crippen LogP contribution in [0.5, 0.6) is 0 Å². The molecule has 0 bridgehead atoms. The van der Waals surface area contributed by atoms with Crippen LogP contribution in [0.15, 0.2) is 71.7 Å². The van der Waals surface area contributed by atoms with Crippen molar-refractivity contribution >= 4 is 17.5 Å². The van der Waals surface area contributed by atoms with E-state index in [1.807, 2.05) is 55.5 Å². The molecule has 1 amide bonds. The van der Waals surface area contributed by atoms with E-state index in [0.29, 0.717) is 30.8 Å². The molecule has 0 saturated carbocycles. The zero-order valence-corrected chi connectivity index (χ0v) is 19.4. The number of benzene rings is 3. The topological polar surface area (TPSA) is 52.5 Å². The van der Waals surface area contributed by atoms with Gasteiger partial charge in [-0.3, -0.25) is 4.99 Å². The minimum absolute atomic E-state index is 0.0254. The summed E-state index contributed by atoms with van der Waals surface area (Å²) in [5.41, 5.74) is 4.09. The second kappa shape index (κ2) is 9.85. The second-order valence-electron chi connectivity index (χ2n) is 8.93. The van der Waals surface area contributed by atoms with Gasteiger partial charge in [0, 0.05) is 17.8 Å². The molecule has 0 saturated heterocycles. The van der Waals surface area contributed by atoms with Gasteiger partial charge in [0.2, 0.25) is 0 Å². The largest absolute Gasteiger partial charge is 0.498 e. The summed E-state index contributed by atoms with van der Waals surface area (Å²) in [5, 5.41) is 11.8. The Morgan fingerprint density at radius 2 is 1.59 bits per heavy atom. The SMILES string of the molecule is CCCC[N+](C)(C(=O)[O-])c1ccc(-c2ccc(C3CCC(c4c(F)cccc4F)=N3)cc2)cc1. The molecule has 0 radical (unpaired) electrons. The Bertz CT molecular complexity index is 1190. The van der Waals surface area contributed by atoms with Crippen LogP contribution >= 0.6 is 0 Å². The molecular weight excluding hydrogens is 434 g/mol. The Hall–Kier alpha value is -3.38. The molecule has 4 nitrogen and oxygen atoms in total. The summed E-state index contributed by atoms with van der Waals surface area (Å²) in [6.07, 6.45) is 1.82. The average Bonchev–Trinajstić information content (AvgIpc) is 3.32. The highest BCUT2D eigenvalue weighted by molar-refractivity contribution is 6.02. The first-order chi connectivity index (χ1) is 16.3. The summed E-state index contributed by atoms with van der Waals surface area (Å²) in [6.45, 7) is 2.51. The second-order valence-corrected chi connectivity index (χ2v) is 8.93. The van der Waals surface area contributed by atoms with Gasteiger partial charge in [0.1, 0.15) is 17.3 Å². The molecule has 34 heavy (non-hydrogen) atoms. The minimum atomic E-state index is -1.11. The van der Waals surface area contributed by atoms with Crippen LogP contribution < -0.4 is 9.59 Å². The van der Waals surface area contributed by atoms with E-state index in [1.165, 1.54) is 18.2 Å². The summed E-state index contributed by atoms with van der Waals surface area (Å²) >= 11 is 0. The summed E-state index contributed by atoms with van der Waals surface area (Å²) in [6, 6.07) is 19.2. The monoisotopic (exact) mass is 462 g/mol. The molecule has 4 rings (SSSR count). The predicted octanol–water partition coefficient (Wildman–Crippen LogP) is 6.04. The summed E-state index contributed by atoms with van der Waals surface area (Å²) < 4.78 is 28.0. The Balaban J connectivity index is 1.52. The normalized spacial score (nSPS) is 17.3. The number of unbranched alkanes of at least 4 members (excludes halogenated alkanes) is 1. The lowest BCUT2D eigenvalue weighted by atomic mass is 9.99. The van der Waals surface area contributed by atoms with E-state index in [2.05, 4.69) is 4.99 Å². The lowest BCUT2D eigenvalue weighted by Crippen LogP contribution is -2.57. The van der Waals surface area contributed by atoms with E-state index in [4.69, 9.17) is 0 Å². The number of rotatable bonds is 7. The zero-order valence-electron chi connectivity index (χ0n) is 19.4. The van der Waals surface area contributed by atoms with Gasteiger partial charge in [0.05, 0.1) is 25.2 Å². The molecule has 3 aromatic carbocycles. The molecule has 3 aromatic rings. The molecule has 1 aliphatic heterocycles. The maximum atomic E-state index is 14.1. The van der Waals surface area contributed by atoms with E-state index in [1.54, 1.807) is 7.05 Å². The Kier molecular flexibility index (Phi) is 6.89. The number of carbonyl (C=O) groups excluding carboxylic acids is 1. The average molecular weight is 463 g/mol. The molecule has 1 aliphatic rings. The van der Waals surface area contributed by atoms with E-state index >= 15 is 0 Å². The fourth-order valence-corrected chi connectivity index (χ4v) is 4.48. The molecule has 0 aliphatic carbocycles. The van der Waals surface area contributed by atoms with Gasteiger partial charge < -0.3 is 9.90 Å². The van der Waals surface area contributed by atoms with Crippen LogP contribution in [0.3, 0.4) is 0 Å². The first kappa shape index (κ1) is 23.8. The van der Waals surface area contributed by atoms with Gasteiger partial charge in [-0.15, -0.1) is 0 Å². The molecule has 2 atom stereocenters. The quantitative estimate of drug-likeness (QED) is 0.402. The van der Waals surface area contributed by atoms with Gasteiger partial charge in [-0.1, -0.05) is 43.7 Å². The van der Waals surface area contributed by atoms with Crippen LogP contribution in [0.4, 0.5) is 19.3 Å². The highest BCUT2D eigenvalue weighted by atomic mass is 19.1. The maximum Gasteiger partial charge on any atom is 0.262 e. The van der Waals surface area contributed by atoms with Crippen LogP contribution in [0.2, 0.25) is 0 Å². The Morgan fingerprint density at radius 3 is 2.15 bits per heavy atom. The van der Waals surface area contributed by atoms with E-state index in [9.17, 15) is 18.7 Å². The smallest absolute Gasteiger partial charge is 0.262 e. The highest BCUT2D eigenvalue weighted by Crippen LogP contribution is 2.34. The van der Waals surface area contributed by atoms with Crippen molar-refractivity contribution in [2.75, 3.05) is 13.6 Å². The molecule has 0 spiro atoms. The molecule has 0 aromatic heterocycles. The summed E-state index contributed by atoms with van der Waals surface area (Å²) in [7, 11) is 1.67. The van der Waals surface area contributed by atoms with Crippen molar-refractivity contribution in [2.24, 2.45) is 4.99 Å². The van der Waals surface area contributed by atoms with Gasteiger partial charge in [-0.05, 0) is 60.2 Å². The van der Waals surface area contributed by atoms with Crippen molar-refractivity contribution < 1.29 is 18.7 Å². The number of aliphatic imine (C=N–C) groups is 1. The predicted molar refractivity (Wildman–Crippen MR) is 130 cm³/mol. The maximum absolute atomic E-state index is 14.1. The minimum Gasteiger partial charge on any atom is -0.498 e. The Morgan fingerprint density at radius 1 is 1.00 bits per heavy atom. The number of halogens is 2. The van der Waals surface area contributed by atoms with Gasteiger partial charge in [0.15, 0.2) is 0 Å². The molecule has 6 heteroatoms. The van der Waals surface area contributed by atoms with Crippen molar-refractivity contribution in [3.63, 3.8) is 0 Å². The molecule has 1 heterocycles. The molecular formula is C28H28F2N2O2. The molecule has 0 N–H and O–H groups in total. The van der Waals surface area contributed by atoms with Crippen LogP contribution in [-0.4, -0.2) is 25.4 Å². The number of hydrogen-bond acceptors (Lipinski definition) is 3. The first-order valence-corrected chi connectivity index (χ1v) is 11.6. The number of amides is 1. The van der Waals surface area contributed by atoms with E-state index < -0.39 is 17.7 Å². The van der Waals surface area contributed by atoms with Crippen LogP contribution in [-0.2, 0) is 0 Å². The van der Waals surface area contributed by atoms with Crippen LogP contribution in [0, 0.1) is 11.6 Å². The third-order valence-electron chi connectivity index (χ3n) is 6.65. The summed E-state index contributed by atoms with van der Waals surface area (Å²) in [5.74, 6) is -1.16. The first-order valence-electron chi connectivity index (χ1n) is 11.6. The van der Waals surface area contributed by atoms with Gasteiger partial charge in [0.25, 0.3) is 6.09 Å². The van der Waals surface area contributed by atoms with Crippen molar-refractivity contribution in [3.05, 3.63) is 89.5 Å². The lowest BCUT2D eigenvalue weighted by Gasteiger charge is -2.33. The third-order valence-corrected chi connectivity index (χ3v) is 6.65. The van der Waals surface area contributed by atoms with Crippen molar-refractivity contribution in [1.82, 2.24) is 4.48 Å². The van der Waals surface area contributed by atoms with Crippen LogP contribution in [0.25, 0.3) is 11.1 Å². The fraction of sp³-hybridized carbons (Fsp3) is 0.286. The fourth-order valence-electron chi connectivity index (χ4n) is 4.48. The number of quaternary nitrogens is 1. The number of nitrogens with zero attached hydrogens (tertiary/aromatic N) is 2. The van der Waals surface area contributed by atoms with E-state index in [0.717, 1.165) is 29.5 Å². The highest BCUT2D eigenvalue weighted by Gasteiger charge is 2.27. The van der Waals surface area contributed by atoms with Crippen molar-refractivity contribution in [2.45, 2.75) is 38.6 Å². The number of carbonyl (C=O) groups is 1. The summed E-state index contributed by atoms with van der Waals surface area (Å²) in [4.78, 5) is 16.4. The van der Waals surface area contributed by atoms with Gasteiger partial charge in [-0.2, -0.15) is 0 Å². The molecule has 2 unspecified atom stereocenters. The number of hydrogen-bond donors (Lipinski definition) is 0. The van der Waals surface area contributed by atoms with Crippen LogP contribution in [0.1, 0.15) is 49.8 Å². The van der Waals surface area contributed by atoms with E-state index in [-0.39, 0.29) is 16.1 Å².